The molecule has 0 aliphatic carbocycles. The van der Waals surface area contributed by atoms with E-state index in [1.165, 1.54) is 0 Å². The number of nitrogens with one attached hydrogen (secondary N) is 2. The zero-order valence-electron chi connectivity index (χ0n) is 16.0. The summed E-state index contributed by atoms with van der Waals surface area (Å²) in [5.74, 6) is -0.238. The number of rotatable bonds is 5. The van der Waals surface area contributed by atoms with E-state index in [9.17, 15) is 9.59 Å². The molecule has 0 radical (unpaired) electrons. The van der Waals surface area contributed by atoms with E-state index >= 15 is 0 Å². The second kappa shape index (κ2) is 7.61. The van der Waals surface area contributed by atoms with Crippen LogP contribution in [0.5, 0.6) is 0 Å². The molecule has 6 nitrogen and oxygen atoms in total. The maximum atomic E-state index is 12.6. The molecule has 0 saturated heterocycles. The van der Waals surface area contributed by atoms with Gasteiger partial charge in [0.05, 0.1) is 17.3 Å². The molecular formula is C21H24N4O2. The second-order valence-corrected chi connectivity index (χ2v) is 6.82. The Balaban J connectivity index is 1.76. The molecule has 0 bridgehead atoms. The first kappa shape index (κ1) is 18.6. The van der Waals surface area contributed by atoms with Crippen LogP contribution >= 0.6 is 0 Å². The zero-order valence-corrected chi connectivity index (χ0v) is 16.0. The maximum absolute atomic E-state index is 12.6. The third-order valence-corrected chi connectivity index (χ3v) is 4.76. The van der Waals surface area contributed by atoms with Crippen molar-refractivity contribution < 1.29 is 4.79 Å². The molecule has 27 heavy (non-hydrogen) atoms. The van der Waals surface area contributed by atoms with Crippen LogP contribution in [0.1, 0.15) is 51.4 Å². The molecule has 1 amide bonds. The molecule has 0 aliphatic rings. The minimum atomic E-state index is -0.238. The van der Waals surface area contributed by atoms with Gasteiger partial charge in [0.15, 0.2) is 0 Å². The number of pyridine rings is 1. The van der Waals surface area contributed by atoms with Crippen molar-refractivity contribution in [1.82, 2.24) is 20.1 Å². The summed E-state index contributed by atoms with van der Waals surface area (Å²) in [5, 5.41) is 7.33. The highest BCUT2D eigenvalue weighted by Crippen LogP contribution is 2.18. The van der Waals surface area contributed by atoms with Crippen LogP contribution in [0.25, 0.3) is 0 Å². The maximum Gasteiger partial charge on any atom is 0.255 e. The Morgan fingerprint density at radius 2 is 1.93 bits per heavy atom. The minimum Gasteiger partial charge on any atom is -0.348 e. The Bertz CT molecular complexity index is 1020. The number of carbonyl (C=O) groups is 1. The van der Waals surface area contributed by atoms with Crippen LogP contribution in [0.15, 0.2) is 47.4 Å². The van der Waals surface area contributed by atoms with Crippen LogP contribution in [0.2, 0.25) is 0 Å². The van der Waals surface area contributed by atoms with E-state index < -0.39 is 0 Å². The van der Waals surface area contributed by atoms with Crippen LogP contribution in [-0.4, -0.2) is 20.7 Å². The predicted octanol–water partition coefficient (Wildman–Crippen LogP) is 3.04. The molecule has 0 saturated carbocycles. The van der Waals surface area contributed by atoms with Crippen LogP contribution < -0.4 is 10.9 Å². The monoisotopic (exact) mass is 364 g/mol. The number of aryl methyl sites for hydroxylation is 3. The number of H-pyrrole nitrogens is 1. The number of aromatic amines is 1. The highest BCUT2D eigenvalue weighted by atomic mass is 16.2. The molecule has 2 heterocycles. The van der Waals surface area contributed by atoms with Crippen LogP contribution in [0, 0.1) is 20.8 Å². The Morgan fingerprint density at radius 1 is 1.22 bits per heavy atom. The fraction of sp³-hybridized carbons (Fsp3) is 0.286. The van der Waals surface area contributed by atoms with Crippen LogP contribution in [0.4, 0.5) is 0 Å². The number of nitrogens with zero attached hydrogens (tertiary/aromatic N) is 2. The summed E-state index contributed by atoms with van der Waals surface area (Å²) in [4.78, 5) is 27.5. The molecule has 2 aromatic heterocycles. The van der Waals surface area contributed by atoms with Gasteiger partial charge < -0.3 is 10.3 Å². The molecule has 1 atom stereocenters. The first-order valence-electron chi connectivity index (χ1n) is 8.95. The van der Waals surface area contributed by atoms with E-state index in [0.717, 1.165) is 16.8 Å². The highest BCUT2D eigenvalue weighted by Gasteiger charge is 2.17. The smallest absolute Gasteiger partial charge is 0.255 e. The fourth-order valence-electron chi connectivity index (χ4n) is 3.15. The number of hydrogen-bond donors (Lipinski definition) is 2. The molecule has 0 spiro atoms. The summed E-state index contributed by atoms with van der Waals surface area (Å²) >= 11 is 0. The van der Waals surface area contributed by atoms with Crippen molar-refractivity contribution in [1.29, 1.82) is 0 Å². The van der Waals surface area contributed by atoms with Gasteiger partial charge in [0, 0.05) is 24.0 Å². The number of benzene rings is 1. The zero-order chi connectivity index (χ0) is 19.6. The lowest BCUT2D eigenvalue weighted by Crippen LogP contribution is -2.28. The van der Waals surface area contributed by atoms with Gasteiger partial charge in [0.2, 0.25) is 0 Å². The molecule has 1 aromatic carbocycles. The molecule has 2 N–H and O–H groups in total. The van der Waals surface area contributed by atoms with Crippen LogP contribution in [-0.2, 0) is 6.54 Å². The van der Waals surface area contributed by atoms with Crippen molar-refractivity contribution >= 4 is 5.91 Å². The largest absolute Gasteiger partial charge is 0.348 e. The molecule has 140 valence electrons. The standard InChI is InChI=1S/C21H24N4O2/c1-13-10-14(2)23-21(27)18(13)11-22-20(26)19-12-25(24-15(19)3)16(4)17-8-6-5-7-9-17/h5-10,12,16H,11H2,1-4H3,(H,22,26)(H,23,27). The van der Waals surface area contributed by atoms with Crippen molar-refractivity contribution in [2.75, 3.05) is 0 Å². The third kappa shape index (κ3) is 4.00. The lowest BCUT2D eigenvalue weighted by molar-refractivity contribution is 0.0950. The van der Waals surface area contributed by atoms with E-state index in [0.29, 0.717) is 16.8 Å². The molecule has 3 rings (SSSR count). The van der Waals surface area contributed by atoms with Gasteiger partial charge in [-0.2, -0.15) is 5.10 Å². The van der Waals surface area contributed by atoms with Gasteiger partial charge in [-0.3, -0.25) is 14.3 Å². The van der Waals surface area contributed by atoms with Crippen molar-refractivity contribution in [3.63, 3.8) is 0 Å². The van der Waals surface area contributed by atoms with E-state index in [1.54, 1.807) is 10.9 Å². The molecular weight excluding hydrogens is 340 g/mol. The summed E-state index contributed by atoms with van der Waals surface area (Å²) in [7, 11) is 0. The number of aromatic nitrogens is 3. The highest BCUT2D eigenvalue weighted by molar-refractivity contribution is 5.95. The van der Waals surface area contributed by atoms with E-state index in [1.807, 2.05) is 64.1 Å². The topological polar surface area (TPSA) is 79.8 Å². The summed E-state index contributed by atoms with van der Waals surface area (Å²) in [6.45, 7) is 7.74. The quantitative estimate of drug-likeness (QED) is 0.730. The Labute approximate surface area is 158 Å². The minimum absolute atomic E-state index is 0.0219. The SMILES string of the molecule is Cc1cc(C)c(CNC(=O)c2cn(C(C)c3ccccc3)nc2C)c(=O)[nH]1. The van der Waals surface area contributed by atoms with Gasteiger partial charge in [0.25, 0.3) is 11.5 Å². The Kier molecular flexibility index (Phi) is 5.26. The summed E-state index contributed by atoms with van der Waals surface area (Å²) in [5.41, 5.74) is 4.35. The van der Waals surface area contributed by atoms with E-state index in [-0.39, 0.29) is 24.1 Å². The van der Waals surface area contributed by atoms with Gasteiger partial charge in [-0.25, -0.2) is 0 Å². The van der Waals surface area contributed by atoms with Crippen molar-refractivity contribution in [2.45, 2.75) is 40.3 Å². The predicted molar refractivity (Wildman–Crippen MR) is 105 cm³/mol. The first-order valence-corrected chi connectivity index (χ1v) is 8.95. The van der Waals surface area contributed by atoms with Crippen molar-refractivity contribution in [3.05, 3.63) is 86.6 Å². The van der Waals surface area contributed by atoms with Crippen molar-refractivity contribution in [3.8, 4) is 0 Å². The first-order chi connectivity index (χ1) is 12.9. The molecule has 0 fully saturated rings. The van der Waals surface area contributed by atoms with Crippen molar-refractivity contribution in [2.24, 2.45) is 0 Å². The van der Waals surface area contributed by atoms with Gasteiger partial charge in [-0.05, 0) is 44.9 Å². The Morgan fingerprint density at radius 3 is 2.59 bits per heavy atom. The van der Waals surface area contributed by atoms with Gasteiger partial charge >= 0.3 is 0 Å². The normalized spacial score (nSPS) is 12.0. The average Bonchev–Trinajstić information content (AvgIpc) is 3.02. The molecule has 6 heteroatoms. The molecule has 0 aliphatic heterocycles. The lowest BCUT2D eigenvalue weighted by atomic mass is 10.1. The van der Waals surface area contributed by atoms with E-state index in [4.69, 9.17) is 0 Å². The Hall–Kier alpha value is -3.15. The van der Waals surface area contributed by atoms with Crippen LogP contribution in [0.3, 0.4) is 0 Å². The summed E-state index contributed by atoms with van der Waals surface area (Å²) in [6.07, 6.45) is 1.76. The summed E-state index contributed by atoms with van der Waals surface area (Å²) < 4.78 is 1.80. The number of hydrogen-bond acceptors (Lipinski definition) is 3. The fourth-order valence-corrected chi connectivity index (χ4v) is 3.15. The molecule has 1 unspecified atom stereocenters. The summed E-state index contributed by atoms with van der Waals surface area (Å²) in [6, 6.07) is 11.9. The second-order valence-electron chi connectivity index (χ2n) is 6.82. The third-order valence-electron chi connectivity index (χ3n) is 4.76. The molecule has 3 aromatic rings. The lowest BCUT2D eigenvalue weighted by Gasteiger charge is -2.12. The van der Waals surface area contributed by atoms with Gasteiger partial charge in [-0.15, -0.1) is 0 Å². The van der Waals surface area contributed by atoms with E-state index in [2.05, 4.69) is 15.4 Å². The van der Waals surface area contributed by atoms with Gasteiger partial charge in [0.1, 0.15) is 0 Å². The average molecular weight is 364 g/mol. The number of amides is 1. The number of carbonyl (C=O) groups excluding carboxylic acids is 1. The van der Waals surface area contributed by atoms with Gasteiger partial charge in [-0.1, -0.05) is 30.3 Å².